The second-order valence-electron chi connectivity index (χ2n) is 3.86. The van der Waals surface area contributed by atoms with Crippen LogP contribution in [-0.4, -0.2) is 56.9 Å². The molecule has 0 aliphatic heterocycles. The molecule has 0 aromatic heterocycles. The van der Waals surface area contributed by atoms with Gasteiger partial charge in [-0.1, -0.05) is 6.92 Å². The third-order valence-corrected chi connectivity index (χ3v) is 2.34. The number of carboxylic acid groups (broad SMARTS) is 1. The third kappa shape index (κ3) is 9.40. The van der Waals surface area contributed by atoms with Gasteiger partial charge in [0, 0.05) is 14.2 Å². The van der Waals surface area contributed by atoms with Gasteiger partial charge >= 0.3 is 11.9 Å². The van der Waals surface area contributed by atoms with Gasteiger partial charge < -0.3 is 24.1 Å². The molecule has 0 heterocycles. The molecule has 2 atom stereocenters. The summed E-state index contributed by atoms with van der Waals surface area (Å²) in [7, 11) is 3.03. The van der Waals surface area contributed by atoms with Crippen molar-refractivity contribution < 1.29 is 33.6 Å². The van der Waals surface area contributed by atoms with Gasteiger partial charge in [0.05, 0.1) is 25.6 Å². The first-order valence-electron chi connectivity index (χ1n) is 6.08. The Hall–Kier alpha value is -1.18. The summed E-state index contributed by atoms with van der Waals surface area (Å²) in [6.45, 7) is 2.23. The lowest BCUT2D eigenvalue weighted by atomic mass is 10.3. The largest absolute Gasteiger partial charge is 0.481 e. The number of ether oxygens (including phenoxy) is 4. The summed E-state index contributed by atoms with van der Waals surface area (Å²) in [5, 5.41) is 8.43. The van der Waals surface area contributed by atoms with Crippen molar-refractivity contribution in [3.63, 3.8) is 0 Å². The fourth-order valence-electron chi connectivity index (χ4n) is 1.23. The summed E-state index contributed by atoms with van der Waals surface area (Å²) in [5.74, 6) is -1.58. The highest BCUT2D eigenvalue weighted by Gasteiger charge is 2.17. The Bertz CT molecular complexity index is 267. The van der Waals surface area contributed by atoms with E-state index in [-0.39, 0.29) is 32.2 Å². The highest BCUT2D eigenvalue weighted by Crippen LogP contribution is 2.06. The van der Waals surface area contributed by atoms with E-state index in [4.69, 9.17) is 24.1 Å². The van der Waals surface area contributed by atoms with E-state index in [0.717, 1.165) is 0 Å². The molecule has 0 aliphatic carbocycles. The highest BCUT2D eigenvalue weighted by molar-refractivity contribution is 5.76. The van der Waals surface area contributed by atoms with Crippen LogP contribution >= 0.6 is 0 Å². The maximum absolute atomic E-state index is 11.3. The molecule has 7 nitrogen and oxygen atoms in total. The van der Waals surface area contributed by atoms with Crippen LogP contribution in [0.5, 0.6) is 0 Å². The van der Waals surface area contributed by atoms with Crippen molar-refractivity contribution in [1.29, 1.82) is 0 Å². The Morgan fingerprint density at radius 2 is 1.84 bits per heavy atom. The molecule has 0 saturated heterocycles. The van der Waals surface area contributed by atoms with Crippen LogP contribution < -0.4 is 0 Å². The molecule has 1 N–H and O–H groups in total. The number of carbonyl (C=O) groups excluding carboxylic acids is 1. The van der Waals surface area contributed by atoms with Crippen molar-refractivity contribution in [1.82, 2.24) is 0 Å². The smallest absolute Gasteiger partial charge is 0.306 e. The lowest BCUT2D eigenvalue weighted by Gasteiger charge is -2.22. The molecule has 0 aromatic rings. The molecule has 0 aromatic carbocycles. The van der Waals surface area contributed by atoms with Gasteiger partial charge in [0.25, 0.3) is 0 Å². The second-order valence-corrected chi connectivity index (χ2v) is 3.86. The Balaban J connectivity index is 3.97. The van der Waals surface area contributed by atoms with Crippen LogP contribution in [0, 0.1) is 0 Å². The number of esters is 1. The molecular formula is C12H22O7. The van der Waals surface area contributed by atoms with E-state index in [1.54, 1.807) is 0 Å². The van der Waals surface area contributed by atoms with Crippen molar-refractivity contribution >= 4 is 11.9 Å². The Labute approximate surface area is 112 Å². The molecular weight excluding hydrogens is 256 g/mol. The molecule has 7 heteroatoms. The molecule has 0 aliphatic rings. The Kier molecular flexibility index (Phi) is 10.1. The summed E-state index contributed by atoms with van der Waals surface area (Å²) < 4.78 is 20.4. The van der Waals surface area contributed by atoms with Crippen LogP contribution in [0.15, 0.2) is 0 Å². The molecule has 0 radical (unpaired) electrons. The SMILES string of the molecule is CCC(COC(=O)CCC(=O)O)OC(COC)OC. The summed E-state index contributed by atoms with van der Waals surface area (Å²) in [6, 6.07) is 0. The predicted octanol–water partition coefficient (Wildman–Crippen LogP) is 0.809. The van der Waals surface area contributed by atoms with Crippen LogP contribution in [0.1, 0.15) is 26.2 Å². The standard InChI is InChI=1S/C12H22O7/c1-4-9(19-12(17-3)8-16-2)7-18-11(15)6-5-10(13)14/h9,12H,4-8H2,1-3H3,(H,13,14). The van der Waals surface area contributed by atoms with E-state index in [1.807, 2.05) is 6.92 Å². The van der Waals surface area contributed by atoms with E-state index in [1.165, 1.54) is 14.2 Å². The Morgan fingerprint density at radius 1 is 1.16 bits per heavy atom. The first kappa shape index (κ1) is 17.8. The number of methoxy groups -OCH3 is 2. The number of rotatable bonds is 11. The van der Waals surface area contributed by atoms with Gasteiger partial charge in [-0.2, -0.15) is 0 Å². The van der Waals surface area contributed by atoms with Gasteiger partial charge in [-0.3, -0.25) is 9.59 Å². The van der Waals surface area contributed by atoms with Crippen molar-refractivity contribution in [2.24, 2.45) is 0 Å². The van der Waals surface area contributed by atoms with E-state index < -0.39 is 18.2 Å². The molecule has 112 valence electrons. The second kappa shape index (κ2) is 10.7. The minimum Gasteiger partial charge on any atom is -0.481 e. The molecule has 0 bridgehead atoms. The Morgan fingerprint density at radius 3 is 2.32 bits per heavy atom. The quantitative estimate of drug-likeness (QED) is 0.441. The highest BCUT2D eigenvalue weighted by atomic mass is 16.7. The predicted molar refractivity (Wildman–Crippen MR) is 65.7 cm³/mol. The molecule has 0 amide bonds. The molecule has 19 heavy (non-hydrogen) atoms. The lowest BCUT2D eigenvalue weighted by Crippen LogP contribution is -2.31. The van der Waals surface area contributed by atoms with Crippen molar-refractivity contribution in [3.05, 3.63) is 0 Å². The first-order chi connectivity index (χ1) is 9.03. The van der Waals surface area contributed by atoms with Crippen LogP contribution in [0.2, 0.25) is 0 Å². The van der Waals surface area contributed by atoms with E-state index in [9.17, 15) is 9.59 Å². The molecule has 0 spiro atoms. The number of aliphatic carboxylic acids is 1. The third-order valence-electron chi connectivity index (χ3n) is 2.34. The average molecular weight is 278 g/mol. The van der Waals surface area contributed by atoms with Crippen molar-refractivity contribution in [2.75, 3.05) is 27.4 Å². The summed E-state index contributed by atoms with van der Waals surface area (Å²) in [6.07, 6.45) is -0.574. The molecule has 2 unspecified atom stereocenters. The molecule has 0 fully saturated rings. The summed E-state index contributed by atoms with van der Waals surface area (Å²) >= 11 is 0. The van der Waals surface area contributed by atoms with Crippen LogP contribution in [0.4, 0.5) is 0 Å². The fraction of sp³-hybridized carbons (Fsp3) is 0.833. The van der Waals surface area contributed by atoms with Gasteiger partial charge in [-0.05, 0) is 6.42 Å². The van der Waals surface area contributed by atoms with Gasteiger partial charge in [0.2, 0.25) is 0 Å². The van der Waals surface area contributed by atoms with E-state index in [0.29, 0.717) is 6.42 Å². The van der Waals surface area contributed by atoms with Gasteiger partial charge in [0.15, 0.2) is 6.29 Å². The average Bonchev–Trinajstić information content (AvgIpc) is 2.39. The van der Waals surface area contributed by atoms with Crippen molar-refractivity contribution in [2.45, 2.75) is 38.6 Å². The number of hydrogen-bond donors (Lipinski definition) is 1. The van der Waals surface area contributed by atoms with Crippen LogP contribution in [0.3, 0.4) is 0 Å². The van der Waals surface area contributed by atoms with E-state index in [2.05, 4.69) is 0 Å². The summed E-state index contributed by atoms with van der Waals surface area (Å²) in [4.78, 5) is 21.5. The lowest BCUT2D eigenvalue weighted by molar-refractivity contribution is -0.192. The zero-order valence-corrected chi connectivity index (χ0v) is 11.6. The maximum Gasteiger partial charge on any atom is 0.306 e. The van der Waals surface area contributed by atoms with Gasteiger partial charge in [-0.25, -0.2) is 0 Å². The van der Waals surface area contributed by atoms with Crippen LogP contribution in [-0.2, 0) is 28.5 Å². The zero-order valence-electron chi connectivity index (χ0n) is 11.6. The van der Waals surface area contributed by atoms with Gasteiger partial charge in [0.1, 0.15) is 6.61 Å². The minimum absolute atomic E-state index is 0.0680. The molecule has 0 saturated carbocycles. The number of carboxylic acids is 1. The normalized spacial score (nSPS) is 13.8. The van der Waals surface area contributed by atoms with Crippen molar-refractivity contribution in [3.8, 4) is 0 Å². The fourth-order valence-corrected chi connectivity index (χ4v) is 1.23. The maximum atomic E-state index is 11.3. The zero-order chi connectivity index (χ0) is 14.7. The minimum atomic E-state index is -1.03. The monoisotopic (exact) mass is 278 g/mol. The van der Waals surface area contributed by atoms with E-state index >= 15 is 0 Å². The first-order valence-corrected chi connectivity index (χ1v) is 6.08. The molecule has 0 rings (SSSR count). The van der Waals surface area contributed by atoms with Gasteiger partial charge in [-0.15, -0.1) is 0 Å². The van der Waals surface area contributed by atoms with Crippen LogP contribution in [0.25, 0.3) is 0 Å². The number of hydrogen-bond acceptors (Lipinski definition) is 6. The number of carbonyl (C=O) groups is 2. The topological polar surface area (TPSA) is 91.3 Å². The summed E-state index contributed by atoms with van der Waals surface area (Å²) in [5.41, 5.74) is 0.